The number of para-hydroxylation sites is 1. The van der Waals surface area contributed by atoms with Gasteiger partial charge in [-0.25, -0.2) is 4.79 Å². The average molecular weight is 331 g/mol. The Labute approximate surface area is 139 Å². The number of piperidine rings is 1. The standard InChI is InChI=1S/C17H21N3O4/c1-2-24-16(21)11-14-13-5-3-4-6-15(13)20(18-14)12-7-9-19(10-8-12)17(22)23/h3-6,12H,2,7-11H2,1H3,(H,22,23). The van der Waals surface area contributed by atoms with Crippen LogP contribution in [0.3, 0.4) is 0 Å². The third-order valence-electron chi connectivity index (χ3n) is 4.39. The fraction of sp³-hybridized carbons (Fsp3) is 0.471. The average Bonchev–Trinajstić information content (AvgIpc) is 2.94. The summed E-state index contributed by atoms with van der Waals surface area (Å²) in [7, 11) is 0. The van der Waals surface area contributed by atoms with Crippen LogP contribution in [0.2, 0.25) is 0 Å². The van der Waals surface area contributed by atoms with Gasteiger partial charge in [0.15, 0.2) is 0 Å². The molecule has 7 nitrogen and oxygen atoms in total. The number of rotatable bonds is 4. The normalized spacial score (nSPS) is 15.6. The van der Waals surface area contributed by atoms with Crippen molar-refractivity contribution < 1.29 is 19.4 Å². The second-order valence-electron chi connectivity index (χ2n) is 5.89. The second kappa shape index (κ2) is 6.90. The molecule has 1 amide bonds. The summed E-state index contributed by atoms with van der Waals surface area (Å²) in [6, 6.07) is 7.96. The Hall–Kier alpha value is -2.57. The molecule has 0 aliphatic carbocycles. The molecule has 1 aliphatic rings. The topological polar surface area (TPSA) is 84.7 Å². The molecule has 2 heterocycles. The molecule has 1 aliphatic heterocycles. The summed E-state index contributed by atoms with van der Waals surface area (Å²) >= 11 is 0. The van der Waals surface area contributed by atoms with Crippen molar-refractivity contribution in [1.29, 1.82) is 0 Å². The van der Waals surface area contributed by atoms with Gasteiger partial charge >= 0.3 is 12.1 Å². The highest BCUT2D eigenvalue weighted by Crippen LogP contribution is 2.28. The molecule has 7 heteroatoms. The number of hydrogen-bond acceptors (Lipinski definition) is 4. The van der Waals surface area contributed by atoms with E-state index >= 15 is 0 Å². The lowest BCUT2D eigenvalue weighted by Crippen LogP contribution is -2.38. The van der Waals surface area contributed by atoms with E-state index in [0.29, 0.717) is 25.4 Å². The number of carbonyl (C=O) groups is 2. The van der Waals surface area contributed by atoms with E-state index in [1.165, 1.54) is 4.90 Å². The number of amides is 1. The van der Waals surface area contributed by atoms with Crippen LogP contribution in [0.4, 0.5) is 4.79 Å². The number of aromatic nitrogens is 2. The van der Waals surface area contributed by atoms with Crippen molar-refractivity contribution in [2.45, 2.75) is 32.2 Å². The lowest BCUT2D eigenvalue weighted by molar-refractivity contribution is -0.142. The van der Waals surface area contributed by atoms with Crippen LogP contribution >= 0.6 is 0 Å². The summed E-state index contributed by atoms with van der Waals surface area (Å²) in [6.07, 6.45) is 0.713. The molecule has 1 fully saturated rings. The number of hydrogen-bond donors (Lipinski definition) is 1. The number of nitrogens with zero attached hydrogens (tertiary/aromatic N) is 3. The van der Waals surface area contributed by atoms with Crippen LogP contribution in [0, 0.1) is 0 Å². The molecule has 24 heavy (non-hydrogen) atoms. The summed E-state index contributed by atoms with van der Waals surface area (Å²) in [6.45, 7) is 3.14. The van der Waals surface area contributed by atoms with Crippen LogP contribution in [-0.2, 0) is 16.0 Å². The van der Waals surface area contributed by atoms with Crippen LogP contribution in [-0.4, -0.2) is 51.5 Å². The van der Waals surface area contributed by atoms with E-state index in [1.54, 1.807) is 6.92 Å². The van der Waals surface area contributed by atoms with Gasteiger partial charge in [0.1, 0.15) is 0 Å². The maximum absolute atomic E-state index is 11.8. The van der Waals surface area contributed by atoms with E-state index in [2.05, 4.69) is 5.10 Å². The van der Waals surface area contributed by atoms with Crippen LogP contribution in [0.1, 0.15) is 31.5 Å². The van der Waals surface area contributed by atoms with E-state index < -0.39 is 6.09 Å². The van der Waals surface area contributed by atoms with Crippen molar-refractivity contribution in [1.82, 2.24) is 14.7 Å². The molecule has 128 valence electrons. The SMILES string of the molecule is CCOC(=O)Cc1nn(C2CCN(C(=O)O)CC2)c2ccccc12. The first-order valence-corrected chi connectivity index (χ1v) is 8.19. The molecule has 1 aromatic carbocycles. The molecule has 0 bridgehead atoms. The molecule has 0 atom stereocenters. The number of ether oxygens (including phenoxy) is 1. The molecule has 1 aromatic heterocycles. The van der Waals surface area contributed by atoms with Gasteiger partial charge in [0, 0.05) is 18.5 Å². The Bertz CT molecular complexity index is 747. The second-order valence-corrected chi connectivity index (χ2v) is 5.89. The molecular formula is C17H21N3O4. The third kappa shape index (κ3) is 3.20. The van der Waals surface area contributed by atoms with Crippen molar-refractivity contribution in [3.8, 4) is 0 Å². The number of benzene rings is 1. The van der Waals surface area contributed by atoms with E-state index in [4.69, 9.17) is 9.84 Å². The Kier molecular flexibility index (Phi) is 4.69. The number of esters is 1. The highest BCUT2D eigenvalue weighted by molar-refractivity contribution is 5.86. The zero-order valence-corrected chi connectivity index (χ0v) is 13.6. The van der Waals surface area contributed by atoms with Gasteiger partial charge in [0.25, 0.3) is 0 Å². The Morgan fingerprint density at radius 1 is 1.29 bits per heavy atom. The van der Waals surface area contributed by atoms with Crippen LogP contribution in [0.5, 0.6) is 0 Å². The lowest BCUT2D eigenvalue weighted by Gasteiger charge is -2.30. The molecule has 1 N–H and O–H groups in total. The van der Waals surface area contributed by atoms with Gasteiger partial charge in [-0.1, -0.05) is 18.2 Å². The highest BCUT2D eigenvalue weighted by Gasteiger charge is 2.26. The number of carboxylic acid groups (broad SMARTS) is 1. The van der Waals surface area contributed by atoms with E-state index in [9.17, 15) is 9.59 Å². The van der Waals surface area contributed by atoms with Crippen molar-refractivity contribution in [2.75, 3.05) is 19.7 Å². The highest BCUT2D eigenvalue weighted by atomic mass is 16.5. The minimum absolute atomic E-state index is 0.140. The van der Waals surface area contributed by atoms with E-state index in [-0.39, 0.29) is 18.4 Å². The maximum atomic E-state index is 11.8. The van der Waals surface area contributed by atoms with E-state index in [1.807, 2.05) is 28.9 Å². The number of carbonyl (C=O) groups excluding carboxylic acids is 1. The quantitative estimate of drug-likeness (QED) is 0.870. The predicted molar refractivity (Wildman–Crippen MR) is 87.9 cm³/mol. The first-order chi connectivity index (χ1) is 11.6. The van der Waals surface area contributed by atoms with Crippen molar-refractivity contribution in [3.63, 3.8) is 0 Å². The van der Waals surface area contributed by atoms with Gasteiger partial charge in [-0.2, -0.15) is 5.10 Å². The van der Waals surface area contributed by atoms with Gasteiger partial charge in [0.2, 0.25) is 0 Å². The molecule has 1 saturated heterocycles. The molecule has 0 unspecified atom stereocenters. The number of likely N-dealkylation sites (tertiary alicyclic amines) is 1. The summed E-state index contributed by atoms with van der Waals surface area (Å²) in [5, 5.41) is 14.7. The summed E-state index contributed by atoms with van der Waals surface area (Å²) in [4.78, 5) is 24.3. The van der Waals surface area contributed by atoms with Crippen molar-refractivity contribution in [2.24, 2.45) is 0 Å². The van der Waals surface area contributed by atoms with Crippen LogP contribution in [0.15, 0.2) is 24.3 Å². The van der Waals surface area contributed by atoms with Crippen LogP contribution in [0.25, 0.3) is 10.9 Å². The minimum atomic E-state index is -0.873. The Balaban J connectivity index is 1.86. The summed E-state index contributed by atoms with van der Waals surface area (Å²) < 4.78 is 6.98. The largest absolute Gasteiger partial charge is 0.466 e. The van der Waals surface area contributed by atoms with Gasteiger partial charge < -0.3 is 14.7 Å². The molecular weight excluding hydrogens is 310 g/mol. The monoisotopic (exact) mass is 331 g/mol. The number of fused-ring (bicyclic) bond motifs is 1. The fourth-order valence-corrected chi connectivity index (χ4v) is 3.21. The third-order valence-corrected chi connectivity index (χ3v) is 4.39. The molecule has 2 aromatic rings. The van der Waals surface area contributed by atoms with Crippen molar-refractivity contribution >= 4 is 23.0 Å². The zero-order valence-electron chi connectivity index (χ0n) is 13.6. The van der Waals surface area contributed by atoms with Gasteiger partial charge in [-0.3, -0.25) is 9.48 Å². The molecule has 0 saturated carbocycles. The Morgan fingerprint density at radius 2 is 2.00 bits per heavy atom. The fourth-order valence-electron chi connectivity index (χ4n) is 3.21. The first kappa shape index (κ1) is 16.3. The van der Waals surface area contributed by atoms with E-state index in [0.717, 1.165) is 23.7 Å². The zero-order chi connectivity index (χ0) is 17.1. The summed E-state index contributed by atoms with van der Waals surface area (Å²) in [5.41, 5.74) is 1.69. The van der Waals surface area contributed by atoms with Crippen LogP contribution < -0.4 is 0 Å². The molecule has 3 rings (SSSR count). The molecule has 0 radical (unpaired) electrons. The summed E-state index contributed by atoms with van der Waals surface area (Å²) in [5.74, 6) is -0.284. The van der Waals surface area contributed by atoms with Gasteiger partial charge in [-0.05, 0) is 25.8 Å². The smallest absolute Gasteiger partial charge is 0.407 e. The maximum Gasteiger partial charge on any atom is 0.407 e. The van der Waals surface area contributed by atoms with Gasteiger partial charge in [-0.15, -0.1) is 0 Å². The first-order valence-electron chi connectivity index (χ1n) is 8.19. The lowest BCUT2D eigenvalue weighted by atomic mass is 10.1. The minimum Gasteiger partial charge on any atom is -0.466 e. The Morgan fingerprint density at radius 3 is 2.67 bits per heavy atom. The van der Waals surface area contributed by atoms with Crippen molar-refractivity contribution in [3.05, 3.63) is 30.0 Å². The molecule has 0 spiro atoms. The predicted octanol–water partition coefficient (Wildman–Crippen LogP) is 2.46. The van der Waals surface area contributed by atoms with Gasteiger partial charge in [0.05, 0.1) is 30.3 Å².